The van der Waals surface area contributed by atoms with Crippen LogP contribution in [0, 0.1) is 0 Å². The maximum atomic E-state index is 5.05. The van der Waals surface area contributed by atoms with E-state index in [0.29, 0.717) is 5.25 Å². The van der Waals surface area contributed by atoms with Crippen LogP contribution in [0.15, 0.2) is 30.3 Å². The molecule has 0 saturated carbocycles. The molecule has 0 unspecified atom stereocenters. The second kappa shape index (κ2) is 3.46. The molecule has 0 radical (unpaired) electrons. The summed E-state index contributed by atoms with van der Waals surface area (Å²) in [5.41, 5.74) is 1.36. The van der Waals surface area contributed by atoms with Gasteiger partial charge in [-0.15, -0.1) is 0 Å². The van der Waals surface area contributed by atoms with Gasteiger partial charge in [-0.3, -0.25) is 0 Å². The molecule has 1 aromatic rings. The van der Waals surface area contributed by atoms with E-state index in [1.54, 1.807) is 11.8 Å². The molecule has 1 fully saturated rings. The van der Waals surface area contributed by atoms with Crippen molar-refractivity contribution in [2.45, 2.75) is 5.25 Å². The van der Waals surface area contributed by atoms with Crippen LogP contribution in [0.3, 0.4) is 0 Å². The summed E-state index contributed by atoms with van der Waals surface area (Å²) in [5, 5.41) is 3.68. The van der Waals surface area contributed by atoms with Crippen molar-refractivity contribution in [2.24, 2.45) is 0 Å². The van der Waals surface area contributed by atoms with Gasteiger partial charge in [-0.1, -0.05) is 54.3 Å². The fourth-order valence-corrected chi connectivity index (χ4v) is 2.56. The van der Waals surface area contributed by atoms with Crippen molar-refractivity contribution in [3.63, 3.8) is 0 Å². The Bertz CT molecular complexity index is 284. The molecule has 1 heterocycles. The Morgan fingerprint density at radius 2 is 2.08 bits per heavy atom. The first-order valence-electron chi connectivity index (χ1n) is 3.86. The molecular weight excluding hydrogens is 186 g/mol. The van der Waals surface area contributed by atoms with Crippen molar-refractivity contribution in [3.05, 3.63) is 35.9 Å². The van der Waals surface area contributed by atoms with Gasteiger partial charge in [0.15, 0.2) is 0 Å². The lowest BCUT2D eigenvalue weighted by Crippen LogP contribution is -2.11. The first-order valence-corrected chi connectivity index (χ1v) is 5.14. The molecular formula is C9H9NS2. The number of benzene rings is 1. The highest BCUT2D eigenvalue weighted by Gasteiger charge is 2.20. The fraction of sp³-hybridized carbons (Fsp3) is 0.222. The number of nitrogens with one attached hydrogen (secondary N) is 1. The third-order valence-electron chi connectivity index (χ3n) is 1.85. The molecule has 1 nitrogen and oxygen atoms in total. The van der Waals surface area contributed by atoms with Crippen LogP contribution in [0.4, 0.5) is 0 Å². The lowest BCUT2D eigenvalue weighted by atomic mass is 10.1. The predicted octanol–water partition coefficient (Wildman–Crippen LogP) is 2.35. The fourth-order valence-electron chi connectivity index (χ4n) is 1.24. The topological polar surface area (TPSA) is 12.0 Å². The van der Waals surface area contributed by atoms with E-state index < -0.39 is 0 Å². The Hall–Kier alpha value is -0.540. The van der Waals surface area contributed by atoms with Crippen molar-refractivity contribution >= 4 is 28.3 Å². The van der Waals surface area contributed by atoms with Gasteiger partial charge in [0, 0.05) is 6.54 Å². The van der Waals surface area contributed by atoms with Gasteiger partial charge in [-0.25, -0.2) is 0 Å². The van der Waals surface area contributed by atoms with Crippen molar-refractivity contribution in [2.75, 3.05) is 6.54 Å². The van der Waals surface area contributed by atoms with Gasteiger partial charge in [0.2, 0.25) is 0 Å². The van der Waals surface area contributed by atoms with Gasteiger partial charge in [-0.05, 0) is 5.56 Å². The average Bonchev–Trinajstić information content (AvgIpc) is 2.54. The van der Waals surface area contributed by atoms with Crippen LogP contribution in [-0.4, -0.2) is 10.9 Å². The second-order valence-corrected chi connectivity index (χ2v) is 4.57. The Labute approximate surface area is 81.6 Å². The molecule has 1 aliphatic rings. The van der Waals surface area contributed by atoms with E-state index in [4.69, 9.17) is 12.2 Å². The summed E-state index contributed by atoms with van der Waals surface area (Å²) in [6.07, 6.45) is 0. The van der Waals surface area contributed by atoms with E-state index >= 15 is 0 Å². The van der Waals surface area contributed by atoms with Crippen molar-refractivity contribution < 1.29 is 0 Å². The number of rotatable bonds is 1. The summed E-state index contributed by atoms with van der Waals surface area (Å²) in [7, 11) is 0. The van der Waals surface area contributed by atoms with Gasteiger partial charge >= 0.3 is 0 Å². The van der Waals surface area contributed by atoms with Gasteiger partial charge in [0.05, 0.1) is 5.25 Å². The average molecular weight is 195 g/mol. The molecule has 62 valence electrons. The van der Waals surface area contributed by atoms with Crippen LogP contribution >= 0.6 is 24.0 Å². The van der Waals surface area contributed by atoms with Crippen LogP contribution in [-0.2, 0) is 0 Å². The minimum atomic E-state index is 0.513. The van der Waals surface area contributed by atoms with Crippen LogP contribution in [0.5, 0.6) is 0 Å². The molecule has 0 spiro atoms. The number of hydrogen-bond acceptors (Lipinski definition) is 2. The Morgan fingerprint density at radius 1 is 1.33 bits per heavy atom. The largest absolute Gasteiger partial charge is 0.369 e. The molecule has 0 amide bonds. The van der Waals surface area contributed by atoms with Gasteiger partial charge in [0.25, 0.3) is 0 Å². The molecule has 1 N–H and O–H groups in total. The highest BCUT2D eigenvalue weighted by Crippen LogP contribution is 2.32. The summed E-state index contributed by atoms with van der Waals surface area (Å²) in [6.45, 7) is 0.966. The molecule has 1 saturated heterocycles. The summed E-state index contributed by atoms with van der Waals surface area (Å²) >= 11 is 6.79. The van der Waals surface area contributed by atoms with E-state index in [1.165, 1.54) is 5.56 Å². The molecule has 3 heteroatoms. The smallest absolute Gasteiger partial charge is 0.134 e. The first kappa shape index (κ1) is 8.08. The second-order valence-electron chi connectivity index (χ2n) is 2.69. The molecule has 0 aromatic heterocycles. The highest BCUT2D eigenvalue weighted by molar-refractivity contribution is 8.23. The maximum Gasteiger partial charge on any atom is 0.134 e. The molecule has 0 aliphatic carbocycles. The Morgan fingerprint density at radius 3 is 2.67 bits per heavy atom. The van der Waals surface area contributed by atoms with E-state index in [2.05, 4.69) is 29.6 Å². The number of thiocarbonyl (C=S) groups is 1. The normalized spacial score (nSPS) is 22.3. The number of hydrogen-bond donors (Lipinski definition) is 1. The standard InChI is InChI=1S/C9H9NS2/c11-9-10-6-8(12-9)7-4-2-1-3-5-7/h1-5,8H,6H2,(H,10,11)/t8-/m0/s1. The molecule has 0 bridgehead atoms. The first-order chi connectivity index (χ1) is 5.86. The molecule has 1 aliphatic heterocycles. The zero-order valence-corrected chi connectivity index (χ0v) is 8.12. The van der Waals surface area contributed by atoms with E-state index in [-0.39, 0.29) is 0 Å². The van der Waals surface area contributed by atoms with Gasteiger partial charge in [0.1, 0.15) is 4.32 Å². The van der Waals surface area contributed by atoms with E-state index in [1.807, 2.05) is 6.07 Å². The summed E-state index contributed by atoms with van der Waals surface area (Å²) in [5.74, 6) is 0. The van der Waals surface area contributed by atoms with Crippen molar-refractivity contribution in [1.82, 2.24) is 5.32 Å². The van der Waals surface area contributed by atoms with Crippen LogP contribution in [0.2, 0.25) is 0 Å². The monoisotopic (exact) mass is 195 g/mol. The maximum absolute atomic E-state index is 5.05. The Kier molecular flexibility index (Phi) is 2.33. The minimum Gasteiger partial charge on any atom is -0.369 e. The van der Waals surface area contributed by atoms with Crippen LogP contribution in [0.1, 0.15) is 10.8 Å². The molecule has 1 aromatic carbocycles. The molecule has 1 atom stereocenters. The van der Waals surface area contributed by atoms with Crippen LogP contribution < -0.4 is 5.32 Å². The third-order valence-corrected chi connectivity index (χ3v) is 3.37. The van der Waals surface area contributed by atoms with Crippen molar-refractivity contribution in [1.29, 1.82) is 0 Å². The molecule has 2 rings (SSSR count). The summed E-state index contributed by atoms with van der Waals surface area (Å²) in [4.78, 5) is 0. The lowest BCUT2D eigenvalue weighted by molar-refractivity contribution is 0.888. The minimum absolute atomic E-state index is 0.513. The quantitative estimate of drug-likeness (QED) is 0.691. The summed E-state index contributed by atoms with van der Waals surface area (Å²) in [6, 6.07) is 10.5. The lowest BCUT2D eigenvalue weighted by Gasteiger charge is -2.05. The molecule has 12 heavy (non-hydrogen) atoms. The third kappa shape index (κ3) is 1.62. The zero-order valence-electron chi connectivity index (χ0n) is 6.49. The number of thioether (sulfide) groups is 1. The van der Waals surface area contributed by atoms with Gasteiger partial charge < -0.3 is 5.32 Å². The van der Waals surface area contributed by atoms with Gasteiger partial charge in [-0.2, -0.15) is 0 Å². The SMILES string of the molecule is S=C1NC[C@@H](c2ccccc2)S1. The zero-order chi connectivity index (χ0) is 8.39. The Balaban J connectivity index is 2.16. The van der Waals surface area contributed by atoms with E-state index in [0.717, 1.165) is 10.9 Å². The highest BCUT2D eigenvalue weighted by atomic mass is 32.2. The van der Waals surface area contributed by atoms with Crippen molar-refractivity contribution in [3.8, 4) is 0 Å². The van der Waals surface area contributed by atoms with E-state index in [9.17, 15) is 0 Å². The summed E-state index contributed by atoms with van der Waals surface area (Å²) < 4.78 is 0.920. The predicted molar refractivity (Wildman–Crippen MR) is 57.4 cm³/mol. The van der Waals surface area contributed by atoms with Crippen LogP contribution in [0.25, 0.3) is 0 Å².